The molecule has 2 rings (SSSR count). The summed E-state index contributed by atoms with van der Waals surface area (Å²) >= 11 is 5.50. The predicted molar refractivity (Wildman–Crippen MR) is 101 cm³/mol. The summed E-state index contributed by atoms with van der Waals surface area (Å²) in [5, 5.41) is 8.65. The number of carbonyl (C=O) groups is 3. The molecule has 25 heavy (non-hydrogen) atoms. The molecule has 3 amide bonds. The first-order chi connectivity index (χ1) is 12.0. The second-order valence-corrected chi connectivity index (χ2v) is 6.52. The van der Waals surface area contributed by atoms with Crippen molar-refractivity contribution in [2.45, 2.75) is 18.5 Å². The van der Waals surface area contributed by atoms with Crippen molar-refractivity contribution >= 4 is 41.7 Å². The van der Waals surface area contributed by atoms with Crippen LogP contribution in [0.5, 0.6) is 0 Å². The maximum Gasteiger partial charge on any atom is 0.252 e. The van der Waals surface area contributed by atoms with Gasteiger partial charge in [0, 0.05) is 17.6 Å². The number of hydrogen-bond donors (Lipinski definition) is 4. The molecule has 1 aromatic heterocycles. The van der Waals surface area contributed by atoms with E-state index in [0.29, 0.717) is 5.56 Å². The molecule has 0 aliphatic heterocycles. The van der Waals surface area contributed by atoms with Crippen molar-refractivity contribution < 1.29 is 14.4 Å². The van der Waals surface area contributed by atoms with Crippen molar-refractivity contribution in [3.63, 3.8) is 0 Å². The zero-order valence-corrected chi connectivity index (χ0v) is 15.1. The topological polar surface area (TPSA) is 101 Å². The van der Waals surface area contributed by atoms with Gasteiger partial charge in [-0.15, -0.1) is 0 Å². The third-order valence-electron chi connectivity index (χ3n) is 3.53. The number of nitrogens with two attached hydrogens (primary N) is 1. The Morgan fingerprint density at radius 2 is 1.80 bits per heavy atom. The molecule has 0 unspecified atom stereocenters. The molecule has 8 heteroatoms. The van der Waals surface area contributed by atoms with E-state index in [9.17, 15) is 14.4 Å². The molecule has 0 radical (unpaired) electrons. The van der Waals surface area contributed by atoms with Crippen LogP contribution in [-0.4, -0.2) is 35.6 Å². The largest absolute Gasteiger partial charge is 0.368 e. The molecule has 0 aliphatic carbocycles. The number of hydrogen-bond acceptors (Lipinski definition) is 5. The predicted octanol–water partition coefficient (Wildman–Crippen LogP) is 0.989. The lowest BCUT2D eigenvalue weighted by Crippen LogP contribution is -2.54. The summed E-state index contributed by atoms with van der Waals surface area (Å²) in [6.07, 6.45) is 0.277. The third-order valence-corrected chi connectivity index (χ3v) is 4.58. The van der Waals surface area contributed by atoms with Crippen LogP contribution in [0.1, 0.15) is 15.9 Å². The summed E-state index contributed by atoms with van der Waals surface area (Å²) in [5.74, 6) is -1.41. The highest BCUT2D eigenvalue weighted by atomic mass is 32.1. The molecular formula is C17H19N3O3S2. The molecule has 0 saturated heterocycles. The van der Waals surface area contributed by atoms with E-state index in [1.807, 2.05) is 30.3 Å². The first kappa shape index (κ1) is 19.0. The zero-order chi connectivity index (χ0) is 18.2. The van der Waals surface area contributed by atoms with Gasteiger partial charge in [0.25, 0.3) is 5.91 Å². The van der Waals surface area contributed by atoms with E-state index >= 15 is 0 Å². The highest BCUT2D eigenvalue weighted by molar-refractivity contribution is 7.80. The molecule has 6 nitrogen and oxygen atoms in total. The summed E-state index contributed by atoms with van der Waals surface area (Å²) in [5.41, 5.74) is 6.74. The second kappa shape index (κ2) is 9.24. The number of amides is 3. The van der Waals surface area contributed by atoms with E-state index in [1.165, 1.54) is 11.3 Å². The molecule has 0 fully saturated rings. The van der Waals surface area contributed by atoms with Crippen molar-refractivity contribution in [1.82, 2.24) is 10.6 Å². The van der Waals surface area contributed by atoms with Crippen LogP contribution in [0.3, 0.4) is 0 Å². The normalized spacial score (nSPS) is 12.8. The minimum atomic E-state index is -0.867. The lowest BCUT2D eigenvalue weighted by Gasteiger charge is -2.20. The SMILES string of the molecule is NC(=O)[C@H](Cc1ccccc1)NC(=O)[C@H](CS)NC(=O)c1ccsc1. The first-order valence-electron chi connectivity index (χ1n) is 7.58. The molecule has 0 aliphatic rings. The van der Waals surface area contributed by atoms with Gasteiger partial charge < -0.3 is 16.4 Å². The van der Waals surface area contributed by atoms with E-state index in [0.717, 1.165) is 5.56 Å². The van der Waals surface area contributed by atoms with Gasteiger partial charge in [-0.25, -0.2) is 0 Å². The molecule has 132 valence electrons. The van der Waals surface area contributed by atoms with Crippen LogP contribution in [0.2, 0.25) is 0 Å². The van der Waals surface area contributed by atoms with Crippen molar-refractivity contribution in [3.05, 3.63) is 58.3 Å². The fourth-order valence-corrected chi connectivity index (χ4v) is 3.07. The van der Waals surface area contributed by atoms with Gasteiger partial charge in [0.15, 0.2) is 0 Å². The lowest BCUT2D eigenvalue weighted by molar-refractivity contribution is -0.128. The number of benzene rings is 1. The van der Waals surface area contributed by atoms with E-state index < -0.39 is 23.9 Å². The number of carbonyl (C=O) groups excluding carboxylic acids is 3. The lowest BCUT2D eigenvalue weighted by atomic mass is 10.1. The minimum absolute atomic E-state index is 0.0958. The van der Waals surface area contributed by atoms with Crippen LogP contribution in [0.15, 0.2) is 47.2 Å². The molecule has 2 atom stereocenters. The molecule has 4 N–H and O–H groups in total. The van der Waals surface area contributed by atoms with Crippen LogP contribution >= 0.6 is 24.0 Å². The average molecular weight is 377 g/mol. The van der Waals surface area contributed by atoms with Gasteiger partial charge in [0.05, 0.1) is 5.56 Å². The van der Waals surface area contributed by atoms with Gasteiger partial charge in [0.2, 0.25) is 11.8 Å². The van der Waals surface area contributed by atoms with Crippen LogP contribution in [0.25, 0.3) is 0 Å². The molecular weight excluding hydrogens is 358 g/mol. The van der Waals surface area contributed by atoms with Crippen LogP contribution in [0, 0.1) is 0 Å². The number of primary amides is 1. The summed E-state index contributed by atoms with van der Waals surface area (Å²) in [6.45, 7) is 0. The van der Waals surface area contributed by atoms with Gasteiger partial charge in [0.1, 0.15) is 12.1 Å². The van der Waals surface area contributed by atoms with Crippen molar-refractivity contribution in [1.29, 1.82) is 0 Å². The Morgan fingerprint density at radius 3 is 2.36 bits per heavy atom. The summed E-state index contributed by atoms with van der Waals surface area (Å²) in [4.78, 5) is 36.1. The smallest absolute Gasteiger partial charge is 0.252 e. The Balaban J connectivity index is 2.00. The van der Waals surface area contributed by atoms with E-state index in [1.54, 1.807) is 16.8 Å². The average Bonchev–Trinajstić information content (AvgIpc) is 3.14. The van der Waals surface area contributed by atoms with E-state index in [-0.39, 0.29) is 18.1 Å². The van der Waals surface area contributed by atoms with Crippen molar-refractivity contribution in [3.8, 4) is 0 Å². The minimum Gasteiger partial charge on any atom is -0.368 e. The molecule has 0 saturated carbocycles. The molecule has 0 spiro atoms. The first-order valence-corrected chi connectivity index (χ1v) is 9.16. The van der Waals surface area contributed by atoms with Crippen LogP contribution in [0.4, 0.5) is 0 Å². The van der Waals surface area contributed by atoms with Gasteiger partial charge >= 0.3 is 0 Å². The standard InChI is InChI=1S/C17H19N3O3S2/c18-15(21)13(8-11-4-2-1-3-5-11)19-17(23)14(9-24)20-16(22)12-6-7-25-10-12/h1-7,10,13-14,24H,8-9H2,(H2,18,21)(H,19,23)(H,20,22)/t13-,14-/m0/s1. The van der Waals surface area contributed by atoms with Gasteiger partial charge in [-0.2, -0.15) is 24.0 Å². The monoisotopic (exact) mass is 377 g/mol. The number of thiophene rings is 1. The Hall–Kier alpha value is -2.32. The zero-order valence-electron chi connectivity index (χ0n) is 13.3. The van der Waals surface area contributed by atoms with Crippen molar-refractivity contribution in [2.75, 3.05) is 5.75 Å². The highest BCUT2D eigenvalue weighted by Crippen LogP contribution is 2.07. The highest BCUT2D eigenvalue weighted by Gasteiger charge is 2.25. The Morgan fingerprint density at radius 1 is 1.08 bits per heavy atom. The Bertz CT molecular complexity index is 720. The molecule has 2 aromatic rings. The maximum absolute atomic E-state index is 12.4. The molecule has 1 heterocycles. The maximum atomic E-state index is 12.4. The Kier molecular flexibility index (Phi) is 7.03. The fourth-order valence-electron chi connectivity index (χ4n) is 2.17. The molecule has 0 bridgehead atoms. The van der Waals surface area contributed by atoms with E-state index in [4.69, 9.17) is 5.73 Å². The second-order valence-electron chi connectivity index (χ2n) is 5.37. The molecule has 1 aromatic carbocycles. The number of nitrogens with one attached hydrogen (secondary N) is 2. The summed E-state index contributed by atoms with van der Waals surface area (Å²) < 4.78 is 0. The Labute approximate surface area is 155 Å². The third kappa shape index (κ3) is 5.61. The van der Waals surface area contributed by atoms with Gasteiger partial charge in [-0.05, 0) is 17.0 Å². The van der Waals surface area contributed by atoms with E-state index in [2.05, 4.69) is 23.3 Å². The van der Waals surface area contributed by atoms with Gasteiger partial charge in [-0.1, -0.05) is 30.3 Å². The number of thiol groups is 1. The van der Waals surface area contributed by atoms with Crippen molar-refractivity contribution in [2.24, 2.45) is 5.73 Å². The number of rotatable bonds is 8. The fraction of sp³-hybridized carbons (Fsp3) is 0.235. The summed E-state index contributed by atoms with van der Waals surface area (Å²) in [7, 11) is 0. The van der Waals surface area contributed by atoms with Crippen LogP contribution in [-0.2, 0) is 16.0 Å². The van der Waals surface area contributed by atoms with Crippen LogP contribution < -0.4 is 16.4 Å². The quantitative estimate of drug-likeness (QED) is 0.516. The van der Waals surface area contributed by atoms with Gasteiger partial charge in [-0.3, -0.25) is 14.4 Å². The summed E-state index contributed by atoms with van der Waals surface area (Å²) in [6, 6.07) is 9.16.